The third-order valence-corrected chi connectivity index (χ3v) is 10.9. The van der Waals surface area contributed by atoms with Gasteiger partial charge in [-0.15, -0.1) is 0 Å². The maximum atomic E-state index is 13.5. The molecular formula is C31H39N3O7S2. The van der Waals surface area contributed by atoms with E-state index in [0.29, 0.717) is 11.3 Å². The molecule has 3 atom stereocenters. The van der Waals surface area contributed by atoms with Crippen molar-refractivity contribution in [2.45, 2.75) is 56.1 Å². The van der Waals surface area contributed by atoms with Gasteiger partial charge in [-0.05, 0) is 63.2 Å². The lowest BCUT2D eigenvalue weighted by Crippen LogP contribution is -2.48. The largest absolute Gasteiger partial charge is 0.488 e. The van der Waals surface area contributed by atoms with Crippen molar-refractivity contribution in [2.75, 3.05) is 31.5 Å². The molecule has 2 N–H and O–H groups in total. The number of carbonyl (C=O) groups is 1. The number of ether oxygens (including phenoxy) is 1. The molecule has 0 saturated heterocycles. The van der Waals surface area contributed by atoms with Gasteiger partial charge in [0.25, 0.3) is 10.0 Å². The van der Waals surface area contributed by atoms with Crippen LogP contribution >= 0.6 is 0 Å². The lowest BCUT2D eigenvalue weighted by Gasteiger charge is -2.33. The summed E-state index contributed by atoms with van der Waals surface area (Å²) in [5.74, 6) is -0.236. The number of rotatable bonds is 9. The summed E-state index contributed by atoms with van der Waals surface area (Å²) in [5.41, 5.74) is 2.55. The number of sulfonamides is 2. The van der Waals surface area contributed by atoms with Crippen molar-refractivity contribution in [3.63, 3.8) is 0 Å². The molecule has 0 saturated carbocycles. The van der Waals surface area contributed by atoms with Crippen LogP contribution in [0.2, 0.25) is 0 Å². The minimum absolute atomic E-state index is 0.00580. The number of hydrogen-bond donors (Lipinski definition) is 2. The van der Waals surface area contributed by atoms with Crippen molar-refractivity contribution in [2.24, 2.45) is 5.92 Å². The number of amides is 1. The molecule has 43 heavy (non-hydrogen) atoms. The van der Waals surface area contributed by atoms with E-state index in [1.54, 1.807) is 66.4 Å². The van der Waals surface area contributed by atoms with Crippen LogP contribution in [-0.2, 0) is 31.3 Å². The van der Waals surface area contributed by atoms with E-state index in [1.165, 1.54) is 23.5 Å². The van der Waals surface area contributed by atoms with Crippen LogP contribution in [0.25, 0.3) is 0 Å². The molecule has 0 bridgehead atoms. The third-order valence-electron chi connectivity index (χ3n) is 7.67. The van der Waals surface area contributed by atoms with E-state index in [-0.39, 0.29) is 53.4 Å². The van der Waals surface area contributed by atoms with Gasteiger partial charge in [-0.2, -0.15) is 4.31 Å². The molecule has 1 aliphatic rings. The van der Waals surface area contributed by atoms with Crippen molar-refractivity contribution in [1.82, 2.24) is 9.21 Å². The Morgan fingerprint density at radius 3 is 2.14 bits per heavy atom. The van der Waals surface area contributed by atoms with E-state index in [9.17, 15) is 26.7 Å². The van der Waals surface area contributed by atoms with E-state index in [4.69, 9.17) is 4.74 Å². The SMILES string of the molecule is Cc1ccc(S(=O)(=O)Nc2ccc3c(c2)CC(=O)N([C@@H](C)CO)C[C@@H](C)[C@H](CN(C)S(=O)(=O)c2ccc(C)cc2)O3)cc1. The number of aliphatic hydroxyl groups excluding tert-OH is 1. The number of hydrogen-bond acceptors (Lipinski definition) is 7. The lowest BCUT2D eigenvalue weighted by molar-refractivity contribution is -0.134. The summed E-state index contributed by atoms with van der Waals surface area (Å²) >= 11 is 0. The van der Waals surface area contributed by atoms with E-state index >= 15 is 0 Å². The number of nitrogens with one attached hydrogen (secondary N) is 1. The van der Waals surface area contributed by atoms with Crippen LogP contribution in [0.5, 0.6) is 5.75 Å². The number of carbonyl (C=O) groups excluding carboxylic acids is 1. The van der Waals surface area contributed by atoms with Crippen molar-refractivity contribution in [3.8, 4) is 5.75 Å². The maximum Gasteiger partial charge on any atom is 0.261 e. The van der Waals surface area contributed by atoms with Gasteiger partial charge < -0.3 is 14.7 Å². The fourth-order valence-corrected chi connectivity index (χ4v) is 7.12. The molecule has 4 rings (SSSR count). The second-order valence-corrected chi connectivity index (χ2v) is 15.0. The third kappa shape index (κ3) is 7.56. The van der Waals surface area contributed by atoms with Gasteiger partial charge in [-0.25, -0.2) is 16.8 Å². The highest BCUT2D eigenvalue weighted by Crippen LogP contribution is 2.30. The molecule has 0 unspecified atom stereocenters. The van der Waals surface area contributed by atoms with Crippen LogP contribution in [0.15, 0.2) is 76.5 Å². The fourth-order valence-electron chi connectivity index (χ4n) is 4.88. The van der Waals surface area contributed by atoms with Gasteiger partial charge in [0, 0.05) is 30.8 Å². The fraction of sp³-hybridized carbons (Fsp3) is 0.387. The Morgan fingerprint density at radius 2 is 1.56 bits per heavy atom. The van der Waals surface area contributed by atoms with E-state index in [2.05, 4.69) is 4.72 Å². The first-order valence-corrected chi connectivity index (χ1v) is 17.0. The molecule has 3 aromatic rings. The lowest BCUT2D eigenvalue weighted by atomic mass is 10.0. The summed E-state index contributed by atoms with van der Waals surface area (Å²) in [6.45, 7) is 7.32. The second kappa shape index (κ2) is 13.0. The minimum Gasteiger partial charge on any atom is -0.488 e. The van der Waals surface area contributed by atoms with Gasteiger partial charge in [-0.1, -0.05) is 42.3 Å². The van der Waals surface area contributed by atoms with Gasteiger partial charge in [0.1, 0.15) is 11.9 Å². The van der Waals surface area contributed by atoms with Crippen molar-refractivity contribution in [3.05, 3.63) is 83.4 Å². The Bertz CT molecular complexity index is 1660. The number of anilines is 1. The smallest absolute Gasteiger partial charge is 0.261 e. The Kier molecular flexibility index (Phi) is 9.85. The van der Waals surface area contributed by atoms with Crippen LogP contribution in [0, 0.1) is 19.8 Å². The molecule has 0 radical (unpaired) electrons. The topological polar surface area (TPSA) is 133 Å². The normalized spacial score (nSPS) is 18.7. The van der Waals surface area contributed by atoms with Crippen LogP contribution < -0.4 is 9.46 Å². The summed E-state index contributed by atoms with van der Waals surface area (Å²) in [4.78, 5) is 15.3. The van der Waals surface area contributed by atoms with E-state index in [0.717, 1.165) is 11.1 Å². The molecule has 1 aliphatic heterocycles. The average molecular weight is 630 g/mol. The standard InChI is InChI=1S/C31H39N3O7S2/c1-21-6-11-27(12-7-21)42(37,38)32-26-10-15-29-25(16-26)17-31(36)34(24(4)20-35)18-23(3)30(41-29)19-33(5)43(39,40)28-13-8-22(2)9-14-28/h6-16,23-24,30,32,35H,17-20H2,1-5H3/t23-,24+,30+/m1/s1. The first-order chi connectivity index (χ1) is 20.2. The van der Waals surface area contributed by atoms with Gasteiger partial charge in [0.05, 0.1) is 35.4 Å². The molecular weight excluding hydrogens is 590 g/mol. The first-order valence-electron chi connectivity index (χ1n) is 14.0. The highest BCUT2D eigenvalue weighted by Gasteiger charge is 2.33. The number of nitrogens with zero attached hydrogens (tertiary/aromatic N) is 2. The number of benzene rings is 3. The number of fused-ring (bicyclic) bond motifs is 1. The number of aryl methyl sites for hydroxylation is 2. The summed E-state index contributed by atoms with van der Waals surface area (Å²) in [5, 5.41) is 9.89. The monoisotopic (exact) mass is 629 g/mol. The highest BCUT2D eigenvalue weighted by atomic mass is 32.2. The molecule has 12 heteroatoms. The van der Waals surface area contributed by atoms with Crippen molar-refractivity contribution >= 4 is 31.6 Å². The van der Waals surface area contributed by atoms with E-state index < -0.39 is 32.2 Å². The Balaban J connectivity index is 1.68. The molecule has 1 amide bonds. The molecule has 10 nitrogen and oxygen atoms in total. The van der Waals surface area contributed by atoms with Crippen molar-refractivity contribution < 1.29 is 31.5 Å². The number of aliphatic hydroxyl groups is 1. The minimum atomic E-state index is -3.90. The van der Waals surface area contributed by atoms with E-state index in [1.807, 2.05) is 20.8 Å². The second-order valence-electron chi connectivity index (χ2n) is 11.2. The predicted octanol–water partition coefficient (Wildman–Crippen LogP) is 3.57. The van der Waals surface area contributed by atoms with Crippen LogP contribution in [-0.4, -0.2) is 75.9 Å². The van der Waals surface area contributed by atoms with Gasteiger partial charge in [0.15, 0.2) is 0 Å². The predicted molar refractivity (Wildman–Crippen MR) is 165 cm³/mol. The molecule has 0 spiro atoms. The van der Waals surface area contributed by atoms with Crippen molar-refractivity contribution in [1.29, 1.82) is 0 Å². The van der Waals surface area contributed by atoms with Crippen LogP contribution in [0.4, 0.5) is 5.69 Å². The summed E-state index contributed by atoms with van der Waals surface area (Å²) < 4.78 is 63.1. The molecule has 0 aromatic heterocycles. The van der Waals surface area contributed by atoms with Gasteiger partial charge in [-0.3, -0.25) is 9.52 Å². The Morgan fingerprint density at radius 1 is 0.977 bits per heavy atom. The average Bonchev–Trinajstić information content (AvgIpc) is 3.00. The zero-order chi connectivity index (χ0) is 31.5. The zero-order valence-corrected chi connectivity index (χ0v) is 26.7. The molecule has 0 aliphatic carbocycles. The van der Waals surface area contributed by atoms with Gasteiger partial charge in [0.2, 0.25) is 15.9 Å². The molecule has 232 valence electrons. The summed E-state index contributed by atoms with van der Waals surface area (Å²) in [6.07, 6.45) is -0.769. The summed E-state index contributed by atoms with van der Waals surface area (Å²) in [6, 6.07) is 17.3. The summed E-state index contributed by atoms with van der Waals surface area (Å²) in [7, 11) is -6.24. The molecule has 1 heterocycles. The Labute approximate surface area is 254 Å². The van der Waals surface area contributed by atoms with Crippen LogP contribution in [0.3, 0.4) is 0 Å². The number of likely N-dealkylation sites (N-methyl/N-ethyl adjacent to an activating group) is 1. The molecule has 0 fully saturated rings. The highest BCUT2D eigenvalue weighted by molar-refractivity contribution is 7.92. The first kappa shape index (κ1) is 32.5. The Hall–Kier alpha value is -3.45. The zero-order valence-electron chi connectivity index (χ0n) is 25.0. The maximum absolute atomic E-state index is 13.5. The van der Waals surface area contributed by atoms with Gasteiger partial charge >= 0.3 is 0 Å². The molecule has 3 aromatic carbocycles. The van der Waals surface area contributed by atoms with Crippen LogP contribution in [0.1, 0.15) is 30.5 Å². The quantitative estimate of drug-likeness (QED) is 0.370.